The number of ether oxygens (including phenoxy) is 1. The molecule has 3 aromatic rings. The van der Waals surface area contributed by atoms with Gasteiger partial charge in [0.25, 0.3) is 11.1 Å². The Balaban J connectivity index is 1.45. The number of aryl methyl sites for hydroxylation is 1. The fourth-order valence-electron chi connectivity index (χ4n) is 2.03. The molecule has 134 valence electrons. The van der Waals surface area contributed by atoms with Gasteiger partial charge in [0.05, 0.1) is 5.75 Å². The quantitative estimate of drug-likeness (QED) is 0.554. The van der Waals surface area contributed by atoms with Crippen molar-refractivity contribution in [3.8, 4) is 5.75 Å². The molecule has 26 heavy (non-hydrogen) atoms. The second-order valence-corrected chi connectivity index (χ2v) is 7.25. The van der Waals surface area contributed by atoms with Gasteiger partial charge in [-0.15, -0.1) is 10.2 Å². The minimum absolute atomic E-state index is 0.149. The number of carbonyl (C=O) groups is 1. The molecular formula is C18H16BrN3O3S. The summed E-state index contributed by atoms with van der Waals surface area (Å²) in [5, 5.41) is 11.0. The molecule has 1 amide bonds. The van der Waals surface area contributed by atoms with E-state index in [-0.39, 0.29) is 18.3 Å². The van der Waals surface area contributed by atoms with Crippen LogP contribution in [0.1, 0.15) is 11.5 Å². The molecule has 0 atom stereocenters. The number of aromatic nitrogens is 2. The number of anilines is 1. The van der Waals surface area contributed by atoms with Crippen LogP contribution in [0.3, 0.4) is 0 Å². The lowest BCUT2D eigenvalue weighted by molar-refractivity contribution is -0.113. The van der Waals surface area contributed by atoms with Crippen molar-refractivity contribution in [2.75, 3.05) is 11.1 Å². The highest BCUT2D eigenvalue weighted by Crippen LogP contribution is 2.19. The molecule has 2 aromatic carbocycles. The molecule has 0 radical (unpaired) electrons. The van der Waals surface area contributed by atoms with Crippen molar-refractivity contribution in [2.24, 2.45) is 0 Å². The molecule has 3 rings (SSSR count). The van der Waals surface area contributed by atoms with Gasteiger partial charge in [0.2, 0.25) is 5.91 Å². The molecule has 0 spiro atoms. The highest BCUT2D eigenvalue weighted by molar-refractivity contribution is 9.10. The van der Waals surface area contributed by atoms with Gasteiger partial charge in [0.1, 0.15) is 5.75 Å². The normalized spacial score (nSPS) is 10.5. The first-order valence-electron chi connectivity index (χ1n) is 7.78. The summed E-state index contributed by atoms with van der Waals surface area (Å²) >= 11 is 4.54. The third-order valence-electron chi connectivity index (χ3n) is 3.27. The van der Waals surface area contributed by atoms with Crippen LogP contribution < -0.4 is 10.1 Å². The Hall–Kier alpha value is -2.32. The molecule has 0 aliphatic heterocycles. The van der Waals surface area contributed by atoms with Gasteiger partial charge in [-0.25, -0.2) is 0 Å². The van der Waals surface area contributed by atoms with Crippen molar-refractivity contribution in [2.45, 2.75) is 18.8 Å². The number of hydrogen-bond acceptors (Lipinski definition) is 6. The minimum atomic E-state index is -0.149. The molecule has 0 unspecified atom stereocenters. The second kappa shape index (κ2) is 8.86. The minimum Gasteiger partial charge on any atom is -0.484 e. The zero-order valence-electron chi connectivity index (χ0n) is 13.9. The zero-order valence-corrected chi connectivity index (χ0v) is 16.3. The number of carbonyl (C=O) groups excluding carboxylic acids is 1. The van der Waals surface area contributed by atoms with Crippen molar-refractivity contribution in [3.05, 3.63) is 64.5 Å². The van der Waals surface area contributed by atoms with Crippen LogP contribution in [0.15, 0.2) is 62.6 Å². The number of hydrogen-bond donors (Lipinski definition) is 1. The third-order valence-corrected chi connectivity index (χ3v) is 4.58. The van der Waals surface area contributed by atoms with Crippen molar-refractivity contribution < 1.29 is 13.9 Å². The molecule has 0 aliphatic carbocycles. The van der Waals surface area contributed by atoms with E-state index in [4.69, 9.17) is 9.15 Å². The van der Waals surface area contributed by atoms with Crippen LogP contribution >= 0.6 is 27.7 Å². The first-order chi connectivity index (χ1) is 12.6. The summed E-state index contributed by atoms with van der Waals surface area (Å²) in [4.78, 5) is 12.0. The average molecular weight is 434 g/mol. The van der Waals surface area contributed by atoms with Crippen LogP contribution in [0.5, 0.6) is 5.75 Å². The Bertz CT molecular complexity index is 883. The highest BCUT2D eigenvalue weighted by atomic mass is 79.9. The van der Waals surface area contributed by atoms with Gasteiger partial charge in [0.15, 0.2) is 6.61 Å². The maximum atomic E-state index is 12.0. The summed E-state index contributed by atoms with van der Waals surface area (Å²) in [7, 11) is 0. The Kier molecular flexibility index (Phi) is 6.30. The molecular weight excluding hydrogens is 418 g/mol. The van der Waals surface area contributed by atoms with E-state index in [0.29, 0.717) is 11.1 Å². The molecule has 1 N–H and O–H groups in total. The first-order valence-corrected chi connectivity index (χ1v) is 9.56. The Labute approximate surface area is 163 Å². The molecule has 0 aliphatic rings. The lowest BCUT2D eigenvalue weighted by atomic mass is 10.2. The van der Waals surface area contributed by atoms with Gasteiger partial charge >= 0.3 is 0 Å². The molecule has 0 saturated heterocycles. The zero-order chi connectivity index (χ0) is 18.4. The lowest BCUT2D eigenvalue weighted by Crippen LogP contribution is -2.13. The SMILES string of the molecule is Cc1ccc(OCc2nnc(SCC(=O)Nc3cccc(Br)c3)o2)cc1. The van der Waals surface area contributed by atoms with E-state index in [1.165, 1.54) is 11.8 Å². The van der Waals surface area contributed by atoms with Crippen molar-refractivity contribution in [1.82, 2.24) is 10.2 Å². The maximum absolute atomic E-state index is 12.0. The van der Waals surface area contributed by atoms with Gasteiger partial charge in [-0.3, -0.25) is 4.79 Å². The Morgan fingerprint density at radius 3 is 2.81 bits per heavy atom. The van der Waals surface area contributed by atoms with Gasteiger partial charge in [-0.1, -0.05) is 51.5 Å². The molecule has 0 fully saturated rings. The standard InChI is InChI=1S/C18H16BrN3O3S/c1-12-5-7-15(8-6-12)24-10-17-21-22-18(25-17)26-11-16(23)20-14-4-2-3-13(19)9-14/h2-9H,10-11H2,1H3,(H,20,23). The van der Waals surface area contributed by atoms with Crippen LogP contribution in [0, 0.1) is 6.92 Å². The van der Waals surface area contributed by atoms with E-state index in [9.17, 15) is 4.79 Å². The number of nitrogens with zero attached hydrogens (tertiary/aromatic N) is 2. The van der Waals surface area contributed by atoms with E-state index >= 15 is 0 Å². The van der Waals surface area contributed by atoms with Crippen molar-refractivity contribution in [1.29, 1.82) is 0 Å². The predicted molar refractivity (Wildman–Crippen MR) is 103 cm³/mol. The van der Waals surface area contributed by atoms with Crippen LogP contribution in [-0.2, 0) is 11.4 Å². The Morgan fingerprint density at radius 2 is 2.04 bits per heavy atom. The predicted octanol–water partition coefficient (Wildman–Crippen LogP) is 4.45. The largest absolute Gasteiger partial charge is 0.484 e. The summed E-state index contributed by atoms with van der Waals surface area (Å²) in [6, 6.07) is 15.1. The fourth-order valence-corrected chi connectivity index (χ4v) is 3.00. The van der Waals surface area contributed by atoms with Gasteiger partial charge in [-0.05, 0) is 37.3 Å². The summed E-state index contributed by atoms with van der Waals surface area (Å²) < 4.78 is 12.0. The molecule has 1 heterocycles. The van der Waals surface area contributed by atoms with E-state index in [1.807, 2.05) is 55.5 Å². The molecule has 1 aromatic heterocycles. The van der Waals surface area contributed by atoms with Crippen LogP contribution in [0.4, 0.5) is 5.69 Å². The van der Waals surface area contributed by atoms with Gasteiger partial charge < -0.3 is 14.5 Å². The molecule has 8 heteroatoms. The summed E-state index contributed by atoms with van der Waals surface area (Å²) in [5.74, 6) is 1.12. The summed E-state index contributed by atoms with van der Waals surface area (Å²) in [5.41, 5.74) is 1.89. The van der Waals surface area contributed by atoms with Gasteiger partial charge in [0, 0.05) is 10.2 Å². The molecule has 6 nitrogen and oxygen atoms in total. The van der Waals surface area contributed by atoms with Crippen molar-refractivity contribution in [3.63, 3.8) is 0 Å². The number of amides is 1. The highest BCUT2D eigenvalue weighted by Gasteiger charge is 2.10. The van der Waals surface area contributed by atoms with Crippen LogP contribution in [-0.4, -0.2) is 21.9 Å². The number of benzene rings is 2. The number of thioether (sulfide) groups is 1. The second-order valence-electron chi connectivity index (χ2n) is 5.41. The first kappa shape index (κ1) is 18.5. The van der Waals surface area contributed by atoms with Crippen LogP contribution in [0.2, 0.25) is 0 Å². The van der Waals surface area contributed by atoms with Crippen molar-refractivity contribution >= 4 is 39.3 Å². The van der Waals surface area contributed by atoms with E-state index in [2.05, 4.69) is 31.4 Å². The van der Waals surface area contributed by atoms with E-state index in [0.717, 1.165) is 21.5 Å². The van der Waals surface area contributed by atoms with Crippen LogP contribution in [0.25, 0.3) is 0 Å². The summed E-state index contributed by atoms with van der Waals surface area (Å²) in [6.45, 7) is 2.19. The lowest BCUT2D eigenvalue weighted by Gasteiger charge is -2.04. The molecule has 0 bridgehead atoms. The Morgan fingerprint density at radius 1 is 1.23 bits per heavy atom. The third kappa shape index (κ3) is 5.60. The summed E-state index contributed by atoms with van der Waals surface area (Å²) in [6.07, 6.45) is 0. The topological polar surface area (TPSA) is 77.2 Å². The van der Waals surface area contributed by atoms with E-state index < -0.39 is 0 Å². The smallest absolute Gasteiger partial charge is 0.277 e. The number of halogens is 1. The number of rotatable bonds is 7. The fraction of sp³-hybridized carbons (Fsp3) is 0.167. The number of nitrogens with one attached hydrogen (secondary N) is 1. The van der Waals surface area contributed by atoms with E-state index in [1.54, 1.807) is 0 Å². The maximum Gasteiger partial charge on any atom is 0.277 e. The average Bonchev–Trinajstić information content (AvgIpc) is 3.07. The van der Waals surface area contributed by atoms with Gasteiger partial charge in [-0.2, -0.15) is 0 Å². The molecule has 0 saturated carbocycles. The monoisotopic (exact) mass is 433 g/mol.